The van der Waals surface area contributed by atoms with Crippen LogP contribution >= 0.6 is 0 Å². The summed E-state index contributed by atoms with van der Waals surface area (Å²) < 4.78 is 13.3. The molecule has 1 aromatic heterocycles. The Bertz CT molecular complexity index is 707. The summed E-state index contributed by atoms with van der Waals surface area (Å²) in [7, 11) is 0. The Kier molecular flexibility index (Phi) is 2.97. The van der Waals surface area contributed by atoms with Crippen LogP contribution in [-0.4, -0.2) is 21.1 Å². The molecule has 0 bridgehead atoms. The van der Waals surface area contributed by atoms with E-state index >= 15 is 0 Å². The van der Waals surface area contributed by atoms with Crippen molar-refractivity contribution in [3.8, 4) is 0 Å². The summed E-state index contributed by atoms with van der Waals surface area (Å²) in [4.78, 5) is 14.2. The van der Waals surface area contributed by atoms with E-state index in [1.165, 1.54) is 12.1 Å². The van der Waals surface area contributed by atoms with Gasteiger partial charge in [0, 0.05) is 11.3 Å². The molecule has 110 valence electrons. The highest BCUT2D eigenvalue weighted by molar-refractivity contribution is 5.91. The topological polar surface area (TPSA) is 61.0 Å². The zero-order valence-corrected chi connectivity index (χ0v) is 12.2. The maximum absolute atomic E-state index is 13.3. The number of halogens is 1. The number of benzene rings is 1. The predicted octanol–water partition coefficient (Wildman–Crippen LogP) is 3.14. The van der Waals surface area contributed by atoms with Gasteiger partial charge in [-0.05, 0) is 38.5 Å². The number of aryl methyl sites for hydroxylation is 1. The quantitative estimate of drug-likeness (QED) is 0.847. The second kappa shape index (κ2) is 4.58. The van der Waals surface area contributed by atoms with Gasteiger partial charge in [-0.3, -0.25) is 5.10 Å². The third-order valence-electron chi connectivity index (χ3n) is 4.02. The minimum absolute atomic E-state index is 0.252. The van der Waals surface area contributed by atoms with E-state index < -0.39 is 5.54 Å². The van der Waals surface area contributed by atoms with Crippen LogP contribution in [0.2, 0.25) is 0 Å². The molecule has 21 heavy (non-hydrogen) atoms. The lowest BCUT2D eigenvalue weighted by atomic mass is 10.0. The number of anilines is 1. The van der Waals surface area contributed by atoms with Gasteiger partial charge in [-0.15, -0.1) is 0 Å². The van der Waals surface area contributed by atoms with Crippen molar-refractivity contribution < 1.29 is 9.18 Å². The van der Waals surface area contributed by atoms with E-state index in [1.807, 2.05) is 20.8 Å². The maximum atomic E-state index is 13.3. The number of hydrogen-bond donors (Lipinski definition) is 2. The van der Waals surface area contributed by atoms with Crippen LogP contribution < -0.4 is 5.32 Å². The van der Waals surface area contributed by atoms with E-state index in [4.69, 9.17) is 0 Å². The zero-order valence-electron chi connectivity index (χ0n) is 12.2. The largest absolute Gasteiger partial charge is 0.322 e. The van der Waals surface area contributed by atoms with Crippen molar-refractivity contribution in [1.82, 2.24) is 15.1 Å². The molecule has 1 aliphatic rings. The number of rotatable bonds is 1. The number of nitrogens with zero attached hydrogens (tertiary/aromatic N) is 2. The van der Waals surface area contributed by atoms with Crippen molar-refractivity contribution in [2.75, 3.05) is 5.32 Å². The Morgan fingerprint density at radius 3 is 2.95 bits per heavy atom. The average Bonchev–Trinajstić information content (AvgIpc) is 2.96. The monoisotopic (exact) mass is 288 g/mol. The van der Waals surface area contributed by atoms with Crippen LogP contribution in [0.5, 0.6) is 0 Å². The summed E-state index contributed by atoms with van der Waals surface area (Å²) in [5, 5.41) is 9.74. The Morgan fingerprint density at radius 2 is 2.24 bits per heavy atom. The van der Waals surface area contributed by atoms with Gasteiger partial charge in [-0.25, -0.2) is 9.18 Å². The molecule has 1 aliphatic heterocycles. The van der Waals surface area contributed by atoms with Crippen LogP contribution in [-0.2, 0) is 12.1 Å². The molecule has 0 fully saturated rings. The number of nitrogens with one attached hydrogen (secondary N) is 2. The van der Waals surface area contributed by atoms with Crippen molar-refractivity contribution in [1.29, 1.82) is 0 Å². The molecular weight excluding hydrogens is 271 g/mol. The second-order valence-electron chi connectivity index (χ2n) is 5.80. The number of amides is 2. The average molecular weight is 288 g/mol. The highest BCUT2D eigenvalue weighted by Crippen LogP contribution is 2.37. The minimum Gasteiger partial charge on any atom is -0.309 e. The van der Waals surface area contributed by atoms with Gasteiger partial charge in [-0.1, -0.05) is 6.07 Å². The maximum Gasteiger partial charge on any atom is 0.322 e. The van der Waals surface area contributed by atoms with Gasteiger partial charge in [0.1, 0.15) is 5.82 Å². The molecule has 0 radical (unpaired) electrons. The third-order valence-corrected chi connectivity index (χ3v) is 4.02. The number of aromatic amines is 1. The molecule has 5 nitrogen and oxygen atoms in total. The third kappa shape index (κ3) is 2.16. The normalized spacial score (nSPS) is 15.9. The fourth-order valence-electron chi connectivity index (χ4n) is 2.70. The molecule has 0 aliphatic carbocycles. The summed E-state index contributed by atoms with van der Waals surface area (Å²) in [6, 6.07) is 4.10. The molecule has 2 amide bonds. The van der Waals surface area contributed by atoms with Crippen molar-refractivity contribution >= 4 is 11.7 Å². The van der Waals surface area contributed by atoms with Gasteiger partial charge in [0.2, 0.25) is 0 Å². The molecule has 0 unspecified atom stereocenters. The first-order valence-electron chi connectivity index (χ1n) is 6.77. The van der Waals surface area contributed by atoms with Crippen LogP contribution in [0, 0.1) is 12.7 Å². The molecule has 2 aromatic rings. The van der Waals surface area contributed by atoms with E-state index in [9.17, 15) is 9.18 Å². The number of urea groups is 1. The van der Waals surface area contributed by atoms with Crippen molar-refractivity contribution in [2.24, 2.45) is 0 Å². The number of fused-ring (bicyclic) bond motifs is 1. The first kappa shape index (κ1) is 13.6. The molecule has 2 N–H and O–H groups in total. The van der Waals surface area contributed by atoms with Gasteiger partial charge < -0.3 is 10.2 Å². The fourth-order valence-corrected chi connectivity index (χ4v) is 2.70. The Balaban J connectivity index is 1.84. The Labute approximate surface area is 122 Å². The van der Waals surface area contributed by atoms with Crippen LogP contribution in [0.1, 0.15) is 30.7 Å². The lowest BCUT2D eigenvalue weighted by Gasteiger charge is -2.32. The summed E-state index contributed by atoms with van der Waals surface area (Å²) in [5.41, 5.74) is 2.78. The molecule has 3 rings (SSSR count). The van der Waals surface area contributed by atoms with Gasteiger partial charge >= 0.3 is 6.03 Å². The number of carbonyl (C=O) groups excluding carboxylic acids is 1. The highest BCUT2D eigenvalue weighted by Gasteiger charge is 2.42. The van der Waals surface area contributed by atoms with Gasteiger partial charge in [0.25, 0.3) is 0 Å². The Hall–Kier alpha value is -2.37. The molecular formula is C15H17FN4O. The lowest BCUT2D eigenvalue weighted by Crippen LogP contribution is -2.43. The van der Waals surface area contributed by atoms with E-state index in [-0.39, 0.29) is 11.8 Å². The van der Waals surface area contributed by atoms with Crippen LogP contribution in [0.4, 0.5) is 14.9 Å². The molecule has 0 saturated carbocycles. The van der Waals surface area contributed by atoms with Gasteiger partial charge in [0.15, 0.2) is 0 Å². The Morgan fingerprint density at radius 1 is 1.48 bits per heavy atom. The molecule has 0 atom stereocenters. The smallest absolute Gasteiger partial charge is 0.309 e. The summed E-state index contributed by atoms with van der Waals surface area (Å²) in [6.45, 7) is 6.22. The van der Waals surface area contributed by atoms with E-state index in [0.717, 1.165) is 16.8 Å². The van der Waals surface area contributed by atoms with Crippen LogP contribution in [0.25, 0.3) is 0 Å². The zero-order chi connectivity index (χ0) is 15.2. The molecule has 0 spiro atoms. The summed E-state index contributed by atoms with van der Waals surface area (Å²) >= 11 is 0. The first-order valence-corrected chi connectivity index (χ1v) is 6.77. The van der Waals surface area contributed by atoms with Crippen molar-refractivity contribution in [3.63, 3.8) is 0 Å². The highest BCUT2D eigenvalue weighted by atomic mass is 19.1. The van der Waals surface area contributed by atoms with E-state index in [1.54, 1.807) is 17.2 Å². The number of aromatic nitrogens is 2. The summed E-state index contributed by atoms with van der Waals surface area (Å²) in [6.07, 6.45) is 1.73. The standard InChI is InChI=1S/C15H17FN4O/c1-9-4-5-11(16)6-12(9)18-14(21)20-8-10-7-17-19-13(10)15(20,2)3/h4-7H,8H2,1-3H3,(H,17,19)(H,18,21). The SMILES string of the molecule is Cc1ccc(F)cc1NC(=O)N1Cc2cn[nH]c2C1(C)C. The number of H-pyrrole nitrogens is 1. The molecule has 1 aromatic carbocycles. The molecule has 2 heterocycles. The molecule has 0 saturated heterocycles. The summed E-state index contributed by atoms with van der Waals surface area (Å²) in [5.74, 6) is -0.369. The van der Waals surface area contributed by atoms with Crippen LogP contribution in [0.15, 0.2) is 24.4 Å². The second-order valence-corrected chi connectivity index (χ2v) is 5.80. The lowest BCUT2D eigenvalue weighted by molar-refractivity contribution is 0.155. The fraction of sp³-hybridized carbons (Fsp3) is 0.333. The van der Waals surface area contributed by atoms with Gasteiger partial charge in [0.05, 0.1) is 24.0 Å². The van der Waals surface area contributed by atoms with E-state index in [2.05, 4.69) is 15.5 Å². The van der Waals surface area contributed by atoms with E-state index in [0.29, 0.717) is 12.2 Å². The minimum atomic E-state index is -0.475. The number of carbonyl (C=O) groups is 1. The van der Waals surface area contributed by atoms with Crippen molar-refractivity contribution in [2.45, 2.75) is 32.9 Å². The number of hydrogen-bond acceptors (Lipinski definition) is 2. The predicted molar refractivity (Wildman–Crippen MR) is 77.3 cm³/mol. The first-order chi connectivity index (χ1) is 9.89. The van der Waals surface area contributed by atoms with Crippen molar-refractivity contribution in [3.05, 3.63) is 47.0 Å². The van der Waals surface area contributed by atoms with Gasteiger partial charge in [-0.2, -0.15) is 5.10 Å². The molecule has 6 heteroatoms. The van der Waals surface area contributed by atoms with Crippen LogP contribution in [0.3, 0.4) is 0 Å².